The number of ether oxygens (including phenoxy) is 1. The first kappa shape index (κ1) is 16.1. The normalized spacial score (nSPS) is 13.9. The molecule has 2 aromatic rings. The van der Waals surface area contributed by atoms with Gasteiger partial charge in [-0.2, -0.15) is 8.42 Å². The molecule has 9 heteroatoms. The van der Waals surface area contributed by atoms with Crippen molar-refractivity contribution in [3.05, 3.63) is 36.8 Å². The van der Waals surface area contributed by atoms with Gasteiger partial charge in [-0.1, -0.05) is 12.1 Å². The third-order valence-electron chi connectivity index (χ3n) is 2.82. The number of methoxy groups -OCH3 is 1. The van der Waals surface area contributed by atoms with Gasteiger partial charge >= 0.3 is 10.1 Å². The van der Waals surface area contributed by atoms with Crippen LogP contribution in [0.25, 0.3) is 11.3 Å². The second kappa shape index (κ2) is 6.69. The van der Waals surface area contributed by atoms with E-state index in [9.17, 15) is 13.0 Å². The van der Waals surface area contributed by atoms with Gasteiger partial charge in [-0.3, -0.25) is 4.55 Å². The Balaban J connectivity index is 2.28. The molecule has 0 aliphatic carbocycles. The second-order valence-electron chi connectivity index (χ2n) is 4.42. The van der Waals surface area contributed by atoms with Crippen LogP contribution in [0.4, 0.5) is 5.69 Å². The molecule has 3 N–H and O–H groups in total. The summed E-state index contributed by atoms with van der Waals surface area (Å²) >= 11 is 0. The van der Waals surface area contributed by atoms with Crippen LogP contribution in [0.1, 0.15) is 6.92 Å². The van der Waals surface area contributed by atoms with E-state index < -0.39 is 21.5 Å². The standard InChI is InChI=1S/C13H16N4O4S/c1-9(21-2)16-13(22(18,19)20)17-11-5-3-10(4-6-11)12-7-14-8-15-12/h3-9H,1-2H3,(H,14,15)(H,16,17)(H,18,19,20). The summed E-state index contributed by atoms with van der Waals surface area (Å²) in [6, 6.07) is 6.73. The Morgan fingerprint density at radius 2 is 2.09 bits per heavy atom. The number of aromatic amines is 1. The van der Waals surface area contributed by atoms with Gasteiger partial charge in [0, 0.05) is 18.9 Å². The Bertz CT molecular complexity index is 739. The molecule has 1 unspecified atom stereocenters. The van der Waals surface area contributed by atoms with Crippen LogP contribution in [-0.4, -0.2) is 41.4 Å². The number of nitrogens with zero attached hydrogens (tertiary/aromatic N) is 2. The van der Waals surface area contributed by atoms with E-state index in [0.717, 1.165) is 11.3 Å². The maximum Gasteiger partial charge on any atom is 0.328 e. The average Bonchev–Trinajstić information content (AvgIpc) is 3.00. The quantitative estimate of drug-likeness (QED) is 0.340. The number of imidazole rings is 1. The van der Waals surface area contributed by atoms with Crippen molar-refractivity contribution in [2.24, 2.45) is 4.99 Å². The summed E-state index contributed by atoms with van der Waals surface area (Å²) in [5.74, 6) is 0. The number of aromatic nitrogens is 2. The molecule has 0 radical (unpaired) electrons. The minimum Gasteiger partial charge on any atom is -0.362 e. The Morgan fingerprint density at radius 3 is 2.59 bits per heavy atom. The lowest BCUT2D eigenvalue weighted by atomic mass is 10.1. The van der Waals surface area contributed by atoms with E-state index in [1.807, 2.05) is 0 Å². The molecule has 0 aliphatic heterocycles. The molecule has 1 atom stereocenters. The van der Waals surface area contributed by atoms with E-state index in [2.05, 4.69) is 20.3 Å². The predicted molar refractivity (Wildman–Crippen MR) is 82.3 cm³/mol. The maximum atomic E-state index is 11.3. The molecular formula is C13H16N4O4S. The number of benzene rings is 1. The highest BCUT2D eigenvalue weighted by molar-refractivity contribution is 8.01. The predicted octanol–water partition coefficient (Wildman–Crippen LogP) is 1.53. The van der Waals surface area contributed by atoms with Crippen LogP contribution in [0.5, 0.6) is 0 Å². The van der Waals surface area contributed by atoms with Gasteiger partial charge in [-0.05, 0) is 19.1 Å². The lowest BCUT2D eigenvalue weighted by Gasteiger charge is -2.13. The highest BCUT2D eigenvalue weighted by Crippen LogP contribution is 2.20. The molecule has 0 saturated heterocycles. The molecule has 1 heterocycles. The van der Waals surface area contributed by atoms with Crippen molar-refractivity contribution in [2.75, 3.05) is 7.11 Å². The first-order valence-electron chi connectivity index (χ1n) is 6.35. The van der Waals surface area contributed by atoms with Crippen molar-refractivity contribution in [3.63, 3.8) is 0 Å². The number of H-pyrrole nitrogens is 1. The summed E-state index contributed by atoms with van der Waals surface area (Å²) in [6.07, 6.45) is 2.68. The van der Waals surface area contributed by atoms with Crippen LogP contribution in [0.2, 0.25) is 0 Å². The first-order valence-corrected chi connectivity index (χ1v) is 7.79. The van der Waals surface area contributed by atoms with Gasteiger partial charge in [0.2, 0.25) is 0 Å². The molecule has 8 nitrogen and oxygen atoms in total. The van der Waals surface area contributed by atoms with Crippen molar-refractivity contribution < 1.29 is 17.7 Å². The molecule has 0 spiro atoms. The molecular weight excluding hydrogens is 308 g/mol. The highest BCUT2D eigenvalue weighted by atomic mass is 32.2. The Kier molecular flexibility index (Phi) is 4.91. The lowest BCUT2D eigenvalue weighted by molar-refractivity contribution is 0.107. The van der Waals surface area contributed by atoms with E-state index in [0.29, 0.717) is 5.69 Å². The zero-order valence-electron chi connectivity index (χ0n) is 12.0. The molecule has 0 bridgehead atoms. The molecule has 22 heavy (non-hydrogen) atoms. The van der Waals surface area contributed by atoms with E-state index in [4.69, 9.17) is 4.74 Å². The van der Waals surface area contributed by atoms with Crippen molar-refractivity contribution in [1.29, 1.82) is 0 Å². The fourth-order valence-electron chi connectivity index (χ4n) is 1.64. The van der Waals surface area contributed by atoms with Crippen molar-refractivity contribution >= 4 is 21.0 Å². The van der Waals surface area contributed by atoms with Gasteiger partial charge in [-0.25, -0.2) is 9.98 Å². The van der Waals surface area contributed by atoms with E-state index in [1.54, 1.807) is 43.7 Å². The lowest BCUT2D eigenvalue weighted by Crippen LogP contribution is -2.38. The Hall–Kier alpha value is -2.23. The fraction of sp³-hybridized carbons (Fsp3) is 0.231. The van der Waals surface area contributed by atoms with E-state index in [1.165, 1.54) is 7.11 Å². The van der Waals surface area contributed by atoms with Crippen LogP contribution in [-0.2, 0) is 14.9 Å². The molecule has 0 aliphatic rings. The summed E-state index contributed by atoms with van der Waals surface area (Å²) in [7, 11) is -3.08. The SMILES string of the molecule is COC(C)N/C(=N\c1ccc(-c2c[nH]cn2)cc1)S(=O)(=O)O. The molecule has 118 valence electrons. The van der Waals surface area contributed by atoms with Gasteiger partial charge in [-0.15, -0.1) is 0 Å². The Morgan fingerprint density at radius 1 is 1.41 bits per heavy atom. The summed E-state index contributed by atoms with van der Waals surface area (Å²) in [5, 5.41) is 1.90. The van der Waals surface area contributed by atoms with Crippen LogP contribution >= 0.6 is 0 Å². The topological polar surface area (TPSA) is 117 Å². The maximum absolute atomic E-state index is 11.3. The molecule has 0 amide bonds. The van der Waals surface area contributed by atoms with Crippen molar-refractivity contribution in [1.82, 2.24) is 15.3 Å². The first-order chi connectivity index (χ1) is 10.4. The zero-order valence-corrected chi connectivity index (χ0v) is 12.8. The number of nitrogens with one attached hydrogen (secondary N) is 2. The number of aliphatic imine (C=N–C) groups is 1. The molecule has 2 rings (SSSR count). The molecule has 0 fully saturated rings. The van der Waals surface area contributed by atoms with Crippen LogP contribution in [0.15, 0.2) is 41.8 Å². The van der Waals surface area contributed by atoms with Crippen LogP contribution < -0.4 is 5.32 Å². The largest absolute Gasteiger partial charge is 0.362 e. The highest BCUT2D eigenvalue weighted by Gasteiger charge is 2.18. The van der Waals surface area contributed by atoms with Gasteiger partial charge < -0.3 is 15.0 Å². The summed E-state index contributed by atoms with van der Waals surface area (Å²) in [5.41, 5.74) is 1.98. The summed E-state index contributed by atoms with van der Waals surface area (Å²) in [4.78, 5) is 10.9. The number of hydrogen-bond acceptors (Lipinski definition) is 5. The number of hydrogen-bond donors (Lipinski definition) is 3. The monoisotopic (exact) mass is 324 g/mol. The number of rotatable bonds is 4. The average molecular weight is 324 g/mol. The second-order valence-corrected chi connectivity index (χ2v) is 5.75. The fourth-order valence-corrected chi connectivity index (χ4v) is 2.18. The van der Waals surface area contributed by atoms with E-state index >= 15 is 0 Å². The summed E-state index contributed by atoms with van der Waals surface area (Å²) < 4.78 is 36.8. The van der Waals surface area contributed by atoms with Crippen molar-refractivity contribution in [3.8, 4) is 11.3 Å². The van der Waals surface area contributed by atoms with E-state index in [-0.39, 0.29) is 0 Å². The van der Waals surface area contributed by atoms with Crippen LogP contribution in [0.3, 0.4) is 0 Å². The third-order valence-corrected chi connectivity index (χ3v) is 3.51. The zero-order chi connectivity index (χ0) is 16.2. The van der Waals surface area contributed by atoms with Gasteiger partial charge in [0.05, 0.1) is 17.7 Å². The van der Waals surface area contributed by atoms with Gasteiger partial charge in [0.15, 0.2) is 0 Å². The molecule has 1 aromatic carbocycles. The third kappa shape index (κ3) is 4.13. The minimum atomic E-state index is -4.48. The minimum absolute atomic E-state index is 0.364. The van der Waals surface area contributed by atoms with Gasteiger partial charge in [0.25, 0.3) is 5.17 Å². The smallest absolute Gasteiger partial charge is 0.328 e. The Labute approximate surface area is 128 Å². The molecule has 0 saturated carbocycles. The van der Waals surface area contributed by atoms with Crippen LogP contribution in [0, 0.1) is 0 Å². The van der Waals surface area contributed by atoms with Crippen molar-refractivity contribution in [2.45, 2.75) is 13.2 Å². The molecule has 1 aromatic heterocycles. The summed E-state index contributed by atoms with van der Waals surface area (Å²) in [6.45, 7) is 1.58. The van der Waals surface area contributed by atoms with Gasteiger partial charge in [0.1, 0.15) is 6.23 Å². The number of amidine groups is 1.